The normalized spacial score (nSPS) is 14.1. The van der Waals surface area contributed by atoms with Gasteiger partial charge in [0.05, 0.1) is 0 Å². The molecule has 0 fully saturated rings. The van der Waals surface area contributed by atoms with Crippen LogP contribution in [0.25, 0.3) is 0 Å². The molecular formula is C37H46IP. The van der Waals surface area contributed by atoms with Gasteiger partial charge in [0.1, 0.15) is 0 Å². The molecule has 4 rings (SSSR count). The summed E-state index contributed by atoms with van der Waals surface area (Å²) in [5, 5.41) is 4.31. The number of hydrogen-bond donors (Lipinski definition) is 0. The topological polar surface area (TPSA) is 0 Å². The Morgan fingerprint density at radius 1 is 0.436 bits per heavy atom. The van der Waals surface area contributed by atoms with E-state index in [1.165, 1.54) is 38.2 Å². The van der Waals surface area contributed by atoms with Crippen LogP contribution in [0.5, 0.6) is 0 Å². The first-order valence-electron chi connectivity index (χ1n) is 14.1. The molecule has 0 aliphatic heterocycles. The molecule has 4 aromatic carbocycles. The Morgan fingerprint density at radius 2 is 0.718 bits per heavy atom. The van der Waals surface area contributed by atoms with E-state index in [0.717, 1.165) is 6.16 Å². The van der Waals surface area contributed by atoms with Crippen LogP contribution in [0.4, 0.5) is 0 Å². The molecule has 4 aromatic rings. The summed E-state index contributed by atoms with van der Waals surface area (Å²) in [5.41, 5.74) is 5.84. The van der Waals surface area contributed by atoms with Crippen LogP contribution in [0.3, 0.4) is 0 Å². The SMILES string of the molecule is CC(C)(C)c1ccc(P(I)(Cc2ccccc2)(c2ccc(C(C)(C)C)cc2)c2ccc(C(C)(C)C)cc2)cc1. The number of hydrogen-bond acceptors (Lipinski definition) is 0. The fourth-order valence-corrected chi connectivity index (χ4v) is 14.2. The molecule has 0 amide bonds. The van der Waals surface area contributed by atoms with E-state index in [1.807, 2.05) is 0 Å². The maximum atomic E-state index is 2.94. The van der Waals surface area contributed by atoms with Crippen LogP contribution in [0, 0.1) is 0 Å². The van der Waals surface area contributed by atoms with Gasteiger partial charge in [-0.1, -0.05) is 0 Å². The zero-order chi connectivity index (χ0) is 28.7. The van der Waals surface area contributed by atoms with Gasteiger partial charge in [-0.3, -0.25) is 0 Å². The summed E-state index contributed by atoms with van der Waals surface area (Å²) in [6.07, 6.45) is 0.978. The molecule has 206 valence electrons. The first-order chi connectivity index (χ1) is 18.0. The van der Waals surface area contributed by atoms with Crippen LogP contribution in [0.1, 0.15) is 84.6 Å². The Labute approximate surface area is 251 Å². The van der Waals surface area contributed by atoms with Crippen LogP contribution in [0.2, 0.25) is 0 Å². The van der Waals surface area contributed by atoms with Gasteiger partial charge < -0.3 is 0 Å². The molecule has 2 heteroatoms. The molecule has 0 saturated heterocycles. The van der Waals surface area contributed by atoms with Crippen molar-refractivity contribution in [3.05, 3.63) is 125 Å². The first kappa shape index (κ1) is 30.0. The predicted octanol–water partition coefficient (Wildman–Crippen LogP) is 9.96. The molecule has 0 aromatic heterocycles. The average molecular weight is 649 g/mol. The van der Waals surface area contributed by atoms with Crippen LogP contribution < -0.4 is 15.9 Å². The quantitative estimate of drug-likeness (QED) is 0.149. The zero-order valence-corrected chi connectivity index (χ0v) is 28.4. The van der Waals surface area contributed by atoms with Gasteiger partial charge >= 0.3 is 252 Å². The second-order valence-electron chi connectivity index (χ2n) is 14.2. The third-order valence-electron chi connectivity index (χ3n) is 8.14. The monoisotopic (exact) mass is 648 g/mol. The van der Waals surface area contributed by atoms with Gasteiger partial charge in [-0.15, -0.1) is 0 Å². The van der Waals surface area contributed by atoms with Gasteiger partial charge in [-0.05, 0) is 0 Å². The van der Waals surface area contributed by atoms with Crippen molar-refractivity contribution in [2.75, 3.05) is 0 Å². The molecule has 0 aliphatic carbocycles. The molecule has 0 N–H and O–H groups in total. The Balaban J connectivity index is 2.08. The van der Waals surface area contributed by atoms with Crippen molar-refractivity contribution in [3.8, 4) is 0 Å². The minimum absolute atomic E-state index is 0.113. The van der Waals surface area contributed by atoms with Gasteiger partial charge in [0, 0.05) is 0 Å². The average Bonchev–Trinajstić information content (AvgIpc) is 2.88. The molecular weight excluding hydrogens is 602 g/mol. The summed E-state index contributed by atoms with van der Waals surface area (Å²) in [5.74, 6) is 0. The van der Waals surface area contributed by atoms with E-state index in [0.29, 0.717) is 0 Å². The molecule has 0 spiro atoms. The van der Waals surface area contributed by atoms with Crippen molar-refractivity contribution < 1.29 is 0 Å². The number of benzene rings is 4. The Hall–Kier alpha value is -1.96. The van der Waals surface area contributed by atoms with Crippen LogP contribution in [0.15, 0.2) is 103 Å². The minimum atomic E-state index is -2.97. The van der Waals surface area contributed by atoms with Gasteiger partial charge in [-0.25, -0.2) is 0 Å². The third-order valence-corrected chi connectivity index (χ3v) is 19.3. The number of rotatable bonds is 5. The first-order valence-corrected chi connectivity index (χ1v) is 19.3. The van der Waals surface area contributed by atoms with Gasteiger partial charge in [0.25, 0.3) is 0 Å². The summed E-state index contributed by atoms with van der Waals surface area (Å²) in [4.78, 5) is 0. The summed E-state index contributed by atoms with van der Waals surface area (Å²) >= 11 is 2.94. The summed E-state index contributed by atoms with van der Waals surface area (Å²) in [6, 6.07) is 39.9. The predicted molar refractivity (Wildman–Crippen MR) is 185 cm³/mol. The van der Waals surface area contributed by atoms with E-state index in [9.17, 15) is 0 Å². The van der Waals surface area contributed by atoms with Crippen LogP contribution in [-0.4, -0.2) is 0 Å². The standard InChI is InChI=1S/C37H46IP/c1-35(2,3)29-15-21-32(22-16-29)39(38,27-28-13-11-10-12-14-28,33-23-17-30(18-24-33)36(4,5)6)34-25-19-31(20-26-34)37(7,8)9/h10-26H,27H2,1-9H3. The molecule has 39 heavy (non-hydrogen) atoms. The van der Waals surface area contributed by atoms with Crippen LogP contribution >= 0.6 is 26.3 Å². The van der Waals surface area contributed by atoms with E-state index in [1.54, 1.807) is 0 Å². The van der Waals surface area contributed by atoms with Crippen molar-refractivity contribution in [2.45, 2.75) is 84.7 Å². The maximum absolute atomic E-state index is 2.97. The van der Waals surface area contributed by atoms with Gasteiger partial charge in [-0.2, -0.15) is 0 Å². The van der Waals surface area contributed by atoms with E-state index >= 15 is 0 Å². The van der Waals surface area contributed by atoms with Crippen molar-refractivity contribution in [2.24, 2.45) is 0 Å². The van der Waals surface area contributed by atoms with Crippen molar-refractivity contribution in [3.63, 3.8) is 0 Å². The molecule has 0 bridgehead atoms. The molecule has 0 nitrogen and oxygen atoms in total. The van der Waals surface area contributed by atoms with E-state index < -0.39 is 4.25 Å². The van der Waals surface area contributed by atoms with Gasteiger partial charge in [0.15, 0.2) is 0 Å². The fourth-order valence-electron chi connectivity index (χ4n) is 5.46. The Bertz CT molecular complexity index is 1250. The second kappa shape index (κ2) is 10.5. The Kier molecular flexibility index (Phi) is 8.05. The van der Waals surface area contributed by atoms with Gasteiger partial charge in [0.2, 0.25) is 0 Å². The third kappa shape index (κ3) is 5.91. The molecule has 0 radical (unpaired) electrons. The molecule has 0 unspecified atom stereocenters. The molecule has 0 atom stereocenters. The Morgan fingerprint density at radius 3 is 0.974 bits per heavy atom. The fraction of sp³-hybridized carbons (Fsp3) is 0.351. The summed E-state index contributed by atoms with van der Waals surface area (Å²) in [6.45, 7) is 20.7. The second-order valence-corrected chi connectivity index (χ2v) is 24.8. The zero-order valence-electron chi connectivity index (χ0n) is 25.3. The van der Waals surface area contributed by atoms with Crippen molar-refractivity contribution >= 4 is 42.2 Å². The van der Waals surface area contributed by atoms with Crippen molar-refractivity contribution in [1.29, 1.82) is 0 Å². The number of halogens is 1. The summed E-state index contributed by atoms with van der Waals surface area (Å²) in [7, 11) is 0. The van der Waals surface area contributed by atoms with Crippen LogP contribution in [-0.2, 0) is 22.4 Å². The summed E-state index contributed by atoms with van der Waals surface area (Å²) < 4.78 is -2.97. The van der Waals surface area contributed by atoms with Crippen molar-refractivity contribution in [1.82, 2.24) is 0 Å². The van der Waals surface area contributed by atoms with E-state index in [4.69, 9.17) is 0 Å². The molecule has 0 aliphatic rings. The molecule has 0 saturated carbocycles. The molecule has 0 heterocycles. The van der Waals surface area contributed by atoms with E-state index in [-0.39, 0.29) is 16.2 Å². The van der Waals surface area contributed by atoms with E-state index in [2.05, 4.69) is 187 Å².